The zero-order valence-corrected chi connectivity index (χ0v) is 15.6. The van der Waals surface area contributed by atoms with Crippen molar-refractivity contribution < 1.29 is 13.2 Å². The second kappa shape index (κ2) is 6.97. The van der Waals surface area contributed by atoms with Gasteiger partial charge in [0.1, 0.15) is 0 Å². The number of rotatable bonds is 5. The second-order valence-electron chi connectivity index (χ2n) is 5.67. The Morgan fingerprint density at radius 2 is 1.72 bits per heavy atom. The zero-order valence-electron chi connectivity index (χ0n) is 14.0. The molecule has 0 atom stereocenters. The lowest BCUT2D eigenvalue weighted by atomic mass is 10.2. The molecule has 0 aliphatic carbocycles. The van der Waals surface area contributed by atoms with Gasteiger partial charge < -0.3 is 5.32 Å². The average molecular weight is 377 g/mol. The van der Waals surface area contributed by atoms with Crippen LogP contribution in [0.15, 0.2) is 48.5 Å². The molecule has 25 heavy (non-hydrogen) atoms. The Hall–Kier alpha value is -2.19. The lowest BCUT2D eigenvalue weighted by Crippen LogP contribution is -2.32. The van der Waals surface area contributed by atoms with Gasteiger partial charge in [-0.15, -0.1) is 11.8 Å². The molecule has 6 nitrogen and oxygen atoms in total. The molecule has 1 N–H and O–H groups in total. The molecule has 8 heteroatoms. The fourth-order valence-electron chi connectivity index (χ4n) is 2.58. The molecular formula is C17H19N3O3S2. The normalized spacial score (nSPS) is 15.1. The maximum Gasteiger partial charge on any atom is 0.326 e. The van der Waals surface area contributed by atoms with Crippen molar-refractivity contribution in [2.45, 2.75) is 5.75 Å². The SMILES string of the molecule is CN1c2ccc(NC(=O)CSCc3ccccc3)cc2N(C)S1(=O)=O. The van der Waals surface area contributed by atoms with Crippen molar-refractivity contribution in [1.82, 2.24) is 0 Å². The molecule has 1 heterocycles. The average Bonchev–Trinajstić information content (AvgIpc) is 2.76. The minimum Gasteiger partial charge on any atom is -0.325 e. The third-order valence-corrected chi connectivity index (χ3v) is 6.76. The van der Waals surface area contributed by atoms with E-state index in [0.29, 0.717) is 22.8 Å². The highest BCUT2D eigenvalue weighted by molar-refractivity contribution is 7.99. The van der Waals surface area contributed by atoms with Crippen LogP contribution in [0, 0.1) is 0 Å². The van der Waals surface area contributed by atoms with Gasteiger partial charge in [-0.2, -0.15) is 8.42 Å². The number of fused-ring (bicyclic) bond motifs is 1. The van der Waals surface area contributed by atoms with Crippen LogP contribution in [-0.2, 0) is 20.8 Å². The summed E-state index contributed by atoms with van der Waals surface area (Å²) in [5.74, 6) is 0.988. The largest absolute Gasteiger partial charge is 0.326 e. The van der Waals surface area contributed by atoms with Gasteiger partial charge in [0.15, 0.2) is 0 Å². The van der Waals surface area contributed by atoms with Gasteiger partial charge in [-0.3, -0.25) is 13.4 Å². The molecule has 2 aromatic rings. The summed E-state index contributed by atoms with van der Waals surface area (Å²) >= 11 is 1.53. The number of amides is 1. The highest BCUT2D eigenvalue weighted by atomic mass is 32.2. The minimum absolute atomic E-state index is 0.113. The van der Waals surface area contributed by atoms with E-state index < -0.39 is 10.2 Å². The molecule has 0 bridgehead atoms. The first-order valence-corrected chi connectivity index (χ1v) is 10.2. The van der Waals surface area contributed by atoms with Crippen molar-refractivity contribution in [3.8, 4) is 0 Å². The maximum absolute atomic E-state index is 12.1. The van der Waals surface area contributed by atoms with Crippen molar-refractivity contribution in [1.29, 1.82) is 0 Å². The van der Waals surface area contributed by atoms with Gasteiger partial charge in [-0.25, -0.2) is 0 Å². The van der Waals surface area contributed by atoms with Crippen LogP contribution >= 0.6 is 11.8 Å². The molecule has 132 valence electrons. The van der Waals surface area contributed by atoms with Gasteiger partial charge in [-0.05, 0) is 23.8 Å². The molecule has 3 rings (SSSR count). The molecule has 0 saturated carbocycles. The molecule has 1 aliphatic heterocycles. The topological polar surface area (TPSA) is 69.7 Å². The summed E-state index contributed by atoms with van der Waals surface area (Å²) < 4.78 is 26.7. The summed E-state index contributed by atoms with van der Waals surface area (Å²) in [5.41, 5.74) is 2.91. The van der Waals surface area contributed by atoms with E-state index in [1.165, 1.54) is 40.0 Å². The standard InChI is InChI=1S/C17H19N3O3S2/c1-19-15-9-8-14(10-16(15)20(2)25(19,22)23)18-17(21)12-24-11-13-6-4-3-5-7-13/h3-10H,11-12H2,1-2H3,(H,18,21). The first kappa shape index (κ1) is 17.6. The van der Waals surface area contributed by atoms with Crippen molar-refractivity contribution in [2.24, 2.45) is 0 Å². The number of thioether (sulfide) groups is 1. The Labute approximate surface area is 152 Å². The number of hydrogen-bond donors (Lipinski definition) is 1. The highest BCUT2D eigenvalue weighted by Crippen LogP contribution is 2.40. The lowest BCUT2D eigenvalue weighted by Gasteiger charge is -2.13. The number of benzene rings is 2. The van der Waals surface area contributed by atoms with E-state index in [2.05, 4.69) is 5.32 Å². The van der Waals surface area contributed by atoms with E-state index in [1.807, 2.05) is 30.3 Å². The van der Waals surface area contributed by atoms with E-state index in [4.69, 9.17) is 0 Å². The molecule has 0 fully saturated rings. The van der Waals surface area contributed by atoms with Crippen LogP contribution < -0.4 is 13.9 Å². The molecule has 0 aromatic heterocycles. The Kier molecular flexibility index (Phi) is 4.91. The quantitative estimate of drug-likeness (QED) is 0.870. The van der Waals surface area contributed by atoms with Crippen molar-refractivity contribution in [3.63, 3.8) is 0 Å². The first-order valence-electron chi connectivity index (χ1n) is 7.68. The fourth-order valence-corrected chi connectivity index (χ4v) is 4.54. The van der Waals surface area contributed by atoms with Gasteiger partial charge >= 0.3 is 10.2 Å². The summed E-state index contributed by atoms with van der Waals surface area (Å²) in [4.78, 5) is 12.1. The molecule has 0 saturated heterocycles. The lowest BCUT2D eigenvalue weighted by molar-refractivity contribution is -0.113. The molecule has 0 spiro atoms. The van der Waals surface area contributed by atoms with Gasteiger partial charge in [0.05, 0.1) is 17.1 Å². The van der Waals surface area contributed by atoms with Crippen LogP contribution in [0.4, 0.5) is 17.1 Å². The first-order chi connectivity index (χ1) is 11.9. The summed E-state index contributed by atoms with van der Waals surface area (Å²) in [6.45, 7) is 0. The smallest absolute Gasteiger partial charge is 0.325 e. The van der Waals surface area contributed by atoms with E-state index >= 15 is 0 Å². The Morgan fingerprint density at radius 3 is 2.44 bits per heavy atom. The molecule has 1 aliphatic rings. The van der Waals surface area contributed by atoms with Crippen molar-refractivity contribution >= 4 is 44.9 Å². The van der Waals surface area contributed by atoms with E-state index in [9.17, 15) is 13.2 Å². The van der Waals surface area contributed by atoms with Gasteiger partial charge in [-0.1, -0.05) is 30.3 Å². The van der Waals surface area contributed by atoms with Gasteiger partial charge in [0, 0.05) is 25.5 Å². The molecule has 1 amide bonds. The van der Waals surface area contributed by atoms with Crippen LogP contribution in [-0.4, -0.2) is 34.2 Å². The summed E-state index contributed by atoms with van der Waals surface area (Å²) in [6.07, 6.45) is 0. The third kappa shape index (κ3) is 3.59. The maximum atomic E-state index is 12.1. The van der Waals surface area contributed by atoms with E-state index in [-0.39, 0.29) is 5.91 Å². The third-order valence-electron chi connectivity index (χ3n) is 3.97. The fraction of sp³-hybridized carbons (Fsp3) is 0.235. The monoisotopic (exact) mass is 377 g/mol. The van der Waals surface area contributed by atoms with Crippen LogP contribution in [0.2, 0.25) is 0 Å². The molecule has 2 aromatic carbocycles. The number of nitrogens with one attached hydrogen (secondary N) is 1. The number of carbonyl (C=O) groups excluding carboxylic acids is 1. The van der Waals surface area contributed by atoms with Crippen LogP contribution in [0.3, 0.4) is 0 Å². The predicted octanol–water partition coefficient (Wildman–Crippen LogP) is 2.69. The van der Waals surface area contributed by atoms with Crippen LogP contribution in [0.1, 0.15) is 5.56 Å². The summed E-state index contributed by atoms with van der Waals surface area (Å²) in [6, 6.07) is 15.0. The Balaban J connectivity index is 1.61. The number of anilines is 3. The number of nitrogens with zero attached hydrogens (tertiary/aromatic N) is 2. The Bertz CT molecular complexity index is 885. The van der Waals surface area contributed by atoms with E-state index in [1.54, 1.807) is 18.2 Å². The zero-order chi connectivity index (χ0) is 18.0. The van der Waals surface area contributed by atoms with E-state index in [0.717, 1.165) is 5.75 Å². The van der Waals surface area contributed by atoms with Crippen LogP contribution in [0.25, 0.3) is 0 Å². The van der Waals surface area contributed by atoms with Gasteiger partial charge in [0.2, 0.25) is 5.91 Å². The summed E-state index contributed by atoms with van der Waals surface area (Å²) in [5, 5.41) is 2.82. The minimum atomic E-state index is -3.50. The Morgan fingerprint density at radius 1 is 1.04 bits per heavy atom. The molecular weight excluding hydrogens is 358 g/mol. The van der Waals surface area contributed by atoms with Crippen molar-refractivity contribution in [3.05, 3.63) is 54.1 Å². The number of carbonyl (C=O) groups is 1. The second-order valence-corrected chi connectivity index (χ2v) is 8.65. The molecule has 0 radical (unpaired) electrons. The summed E-state index contributed by atoms with van der Waals surface area (Å²) in [7, 11) is -0.494. The van der Waals surface area contributed by atoms with Crippen molar-refractivity contribution in [2.75, 3.05) is 33.8 Å². The number of hydrogen-bond acceptors (Lipinski definition) is 4. The van der Waals surface area contributed by atoms with Crippen LogP contribution in [0.5, 0.6) is 0 Å². The van der Waals surface area contributed by atoms with Gasteiger partial charge in [0.25, 0.3) is 0 Å². The highest BCUT2D eigenvalue weighted by Gasteiger charge is 2.35. The predicted molar refractivity (Wildman–Crippen MR) is 103 cm³/mol. The molecule has 0 unspecified atom stereocenters.